The van der Waals surface area contributed by atoms with E-state index in [0.717, 1.165) is 30.5 Å². The molecule has 21 heavy (non-hydrogen) atoms. The van der Waals surface area contributed by atoms with E-state index in [1.807, 2.05) is 0 Å². The standard InChI is InChI=1S/C14H17N5O2/c1-21-12(20)8-19-14-11(7-17-19)13(15-9-16-14)18-10-5-3-2-4-6-10/h2-3,7,9-10H,4-6,8H2,1H3,(H,15,16,18). The van der Waals surface area contributed by atoms with E-state index >= 15 is 0 Å². The fraction of sp³-hybridized carbons (Fsp3) is 0.429. The normalized spacial score (nSPS) is 17.9. The van der Waals surface area contributed by atoms with Crippen molar-refractivity contribution in [1.82, 2.24) is 19.7 Å². The molecule has 110 valence electrons. The molecule has 7 nitrogen and oxygen atoms in total. The highest BCUT2D eigenvalue weighted by Crippen LogP contribution is 2.22. The van der Waals surface area contributed by atoms with Crippen LogP contribution in [0.2, 0.25) is 0 Å². The van der Waals surface area contributed by atoms with Gasteiger partial charge in [-0.1, -0.05) is 12.2 Å². The highest BCUT2D eigenvalue weighted by molar-refractivity contribution is 5.87. The lowest BCUT2D eigenvalue weighted by Crippen LogP contribution is -2.21. The first kappa shape index (κ1) is 13.5. The number of fused-ring (bicyclic) bond motifs is 1. The Morgan fingerprint density at radius 2 is 2.38 bits per heavy atom. The topological polar surface area (TPSA) is 81.9 Å². The minimum absolute atomic E-state index is 0.0443. The van der Waals surface area contributed by atoms with Gasteiger partial charge in [-0.3, -0.25) is 4.79 Å². The molecule has 1 aliphatic carbocycles. The van der Waals surface area contributed by atoms with Crippen LogP contribution in [0.5, 0.6) is 0 Å². The third-order valence-electron chi connectivity index (χ3n) is 3.55. The van der Waals surface area contributed by atoms with Gasteiger partial charge in [-0.25, -0.2) is 14.6 Å². The van der Waals surface area contributed by atoms with Gasteiger partial charge in [-0.05, 0) is 19.3 Å². The minimum atomic E-state index is -0.356. The number of carbonyl (C=O) groups is 1. The highest BCUT2D eigenvalue weighted by atomic mass is 16.5. The van der Waals surface area contributed by atoms with Crippen LogP contribution >= 0.6 is 0 Å². The maximum atomic E-state index is 11.4. The molecule has 1 aliphatic rings. The molecule has 0 aromatic carbocycles. The molecule has 2 heterocycles. The molecule has 0 aliphatic heterocycles. The lowest BCUT2D eigenvalue weighted by atomic mass is 10.0. The van der Waals surface area contributed by atoms with E-state index in [0.29, 0.717) is 11.7 Å². The zero-order valence-corrected chi connectivity index (χ0v) is 11.8. The SMILES string of the molecule is COC(=O)Cn1ncc2c(NC3CC=CCC3)ncnc21. The van der Waals surface area contributed by atoms with E-state index in [-0.39, 0.29) is 12.5 Å². The first-order chi connectivity index (χ1) is 10.3. The summed E-state index contributed by atoms with van der Waals surface area (Å²) < 4.78 is 6.18. The van der Waals surface area contributed by atoms with E-state index in [4.69, 9.17) is 0 Å². The number of hydrogen-bond donors (Lipinski definition) is 1. The summed E-state index contributed by atoms with van der Waals surface area (Å²) in [6.07, 6.45) is 10.7. The molecule has 0 saturated carbocycles. The average molecular weight is 287 g/mol. The van der Waals surface area contributed by atoms with Crippen molar-refractivity contribution >= 4 is 22.8 Å². The number of aromatic nitrogens is 4. The van der Waals surface area contributed by atoms with Gasteiger partial charge < -0.3 is 10.1 Å². The Bertz CT molecular complexity index is 679. The Balaban J connectivity index is 1.86. The minimum Gasteiger partial charge on any atom is -0.468 e. The van der Waals surface area contributed by atoms with Gasteiger partial charge in [0, 0.05) is 6.04 Å². The lowest BCUT2D eigenvalue weighted by molar-refractivity contribution is -0.141. The molecule has 0 fully saturated rings. The Hall–Kier alpha value is -2.44. The summed E-state index contributed by atoms with van der Waals surface area (Å²) in [5, 5.41) is 8.44. The first-order valence-electron chi connectivity index (χ1n) is 6.93. The number of anilines is 1. The number of nitrogens with zero attached hydrogens (tertiary/aromatic N) is 4. The summed E-state index contributed by atoms with van der Waals surface area (Å²) >= 11 is 0. The van der Waals surface area contributed by atoms with Crippen LogP contribution in [-0.2, 0) is 16.1 Å². The van der Waals surface area contributed by atoms with E-state index in [1.54, 1.807) is 6.20 Å². The number of ether oxygens (including phenoxy) is 1. The van der Waals surface area contributed by atoms with Crippen molar-refractivity contribution in [2.45, 2.75) is 31.8 Å². The number of allylic oxidation sites excluding steroid dienone is 1. The largest absolute Gasteiger partial charge is 0.468 e. The third-order valence-corrected chi connectivity index (χ3v) is 3.55. The summed E-state index contributed by atoms with van der Waals surface area (Å²) in [7, 11) is 1.35. The molecule has 0 radical (unpaired) electrons. The quantitative estimate of drug-likeness (QED) is 0.678. The van der Waals surface area contributed by atoms with Gasteiger partial charge in [0.2, 0.25) is 0 Å². The molecule has 1 atom stereocenters. The number of rotatable bonds is 4. The lowest BCUT2D eigenvalue weighted by Gasteiger charge is -2.20. The second-order valence-corrected chi connectivity index (χ2v) is 4.96. The summed E-state index contributed by atoms with van der Waals surface area (Å²) in [6, 6.07) is 0.372. The Morgan fingerprint density at radius 3 is 3.14 bits per heavy atom. The number of nitrogens with one attached hydrogen (secondary N) is 1. The van der Waals surface area contributed by atoms with Crippen LogP contribution < -0.4 is 5.32 Å². The van der Waals surface area contributed by atoms with E-state index < -0.39 is 0 Å². The summed E-state index contributed by atoms with van der Waals surface area (Å²) in [4.78, 5) is 19.9. The fourth-order valence-electron chi connectivity index (χ4n) is 2.43. The van der Waals surface area contributed by atoms with E-state index in [9.17, 15) is 4.79 Å². The van der Waals surface area contributed by atoms with Gasteiger partial charge >= 0.3 is 5.97 Å². The zero-order chi connectivity index (χ0) is 14.7. The number of methoxy groups -OCH3 is 1. The molecule has 0 bridgehead atoms. The zero-order valence-electron chi connectivity index (χ0n) is 11.8. The number of hydrogen-bond acceptors (Lipinski definition) is 6. The van der Waals surface area contributed by atoms with Gasteiger partial charge in [0.25, 0.3) is 0 Å². The van der Waals surface area contributed by atoms with Crippen molar-refractivity contribution in [2.24, 2.45) is 0 Å². The van der Waals surface area contributed by atoms with Crippen molar-refractivity contribution < 1.29 is 9.53 Å². The molecule has 7 heteroatoms. The van der Waals surface area contributed by atoms with Crippen molar-refractivity contribution in [3.8, 4) is 0 Å². The van der Waals surface area contributed by atoms with Crippen molar-refractivity contribution in [2.75, 3.05) is 12.4 Å². The van der Waals surface area contributed by atoms with Crippen LogP contribution in [0, 0.1) is 0 Å². The van der Waals surface area contributed by atoms with Gasteiger partial charge in [-0.2, -0.15) is 5.10 Å². The van der Waals surface area contributed by atoms with Gasteiger partial charge in [-0.15, -0.1) is 0 Å². The molecule has 3 rings (SSSR count). The molecular formula is C14H17N5O2. The van der Waals surface area contributed by atoms with Crippen LogP contribution in [-0.4, -0.2) is 38.9 Å². The maximum Gasteiger partial charge on any atom is 0.327 e. The molecular weight excluding hydrogens is 270 g/mol. The Labute approximate surface area is 122 Å². The van der Waals surface area contributed by atoms with Crippen LogP contribution in [0.15, 0.2) is 24.7 Å². The van der Waals surface area contributed by atoms with Crippen molar-refractivity contribution in [1.29, 1.82) is 0 Å². The van der Waals surface area contributed by atoms with Crippen LogP contribution in [0.1, 0.15) is 19.3 Å². The van der Waals surface area contributed by atoms with Gasteiger partial charge in [0.15, 0.2) is 5.65 Å². The number of esters is 1. The summed E-state index contributed by atoms with van der Waals surface area (Å²) in [6.45, 7) is 0.0443. The molecule has 0 spiro atoms. The molecule has 1 unspecified atom stereocenters. The van der Waals surface area contributed by atoms with Crippen LogP contribution in [0.25, 0.3) is 11.0 Å². The van der Waals surface area contributed by atoms with E-state index in [2.05, 4.69) is 37.3 Å². The first-order valence-corrected chi connectivity index (χ1v) is 6.93. The van der Waals surface area contributed by atoms with Crippen LogP contribution in [0.3, 0.4) is 0 Å². The third kappa shape index (κ3) is 2.86. The van der Waals surface area contributed by atoms with Gasteiger partial charge in [0.05, 0.1) is 18.7 Å². The summed E-state index contributed by atoms with van der Waals surface area (Å²) in [5.41, 5.74) is 0.629. The Morgan fingerprint density at radius 1 is 1.48 bits per heavy atom. The maximum absolute atomic E-state index is 11.4. The second-order valence-electron chi connectivity index (χ2n) is 4.96. The molecule has 2 aromatic heterocycles. The second kappa shape index (κ2) is 5.90. The predicted molar refractivity (Wildman–Crippen MR) is 77.7 cm³/mol. The van der Waals surface area contributed by atoms with Crippen molar-refractivity contribution in [3.05, 3.63) is 24.7 Å². The molecule has 0 amide bonds. The van der Waals surface area contributed by atoms with Crippen molar-refractivity contribution in [3.63, 3.8) is 0 Å². The fourth-order valence-corrected chi connectivity index (χ4v) is 2.43. The molecule has 2 aromatic rings. The summed E-state index contributed by atoms with van der Waals surface area (Å²) in [5.74, 6) is 0.405. The van der Waals surface area contributed by atoms with Gasteiger partial charge in [0.1, 0.15) is 18.7 Å². The van der Waals surface area contributed by atoms with Crippen LogP contribution in [0.4, 0.5) is 5.82 Å². The van der Waals surface area contributed by atoms with E-state index in [1.165, 1.54) is 18.1 Å². The number of carbonyl (C=O) groups excluding carboxylic acids is 1. The molecule has 0 saturated heterocycles. The monoisotopic (exact) mass is 287 g/mol. The predicted octanol–water partition coefficient (Wildman–Crippen LogP) is 1.52. The average Bonchev–Trinajstić information content (AvgIpc) is 2.92. The highest BCUT2D eigenvalue weighted by Gasteiger charge is 2.15. The smallest absolute Gasteiger partial charge is 0.327 e. The molecule has 1 N–H and O–H groups in total. The Kier molecular flexibility index (Phi) is 3.81.